The third-order valence-corrected chi connectivity index (χ3v) is 7.83. The van der Waals surface area contributed by atoms with Crippen molar-refractivity contribution >= 4 is 27.4 Å². The van der Waals surface area contributed by atoms with E-state index in [1.165, 1.54) is 12.1 Å². The Hall–Kier alpha value is -3.79. The highest BCUT2D eigenvalue weighted by atomic mass is 32.2. The SMILES string of the molecule is Cc1ccc(S(=O)(=O)C[C@@H](CC(=O)NC(C)(C)C)C(=O)NCCCC(=O)c2cccc(-c3ccn[nH]3)c2)cc1. The van der Waals surface area contributed by atoms with Crippen molar-refractivity contribution in [2.75, 3.05) is 12.3 Å². The number of aromatic amines is 1. The van der Waals surface area contributed by atoms with E-state index in [9.17, 15) is 22.8 Å². The lowest BCUT2D eigenvalue weighted by atomic mass is 10.0. The number of carbonyl (C=O) groups excluding carboxylic acids is 3. The zero-order chi connectivity index (χ0) is 28.6. The van der Waals surface area contributed by atoms with Gasteiger partial charge in [0.15, 0.2) is 15.6 Å². The maximum Gasteiger partial charge on any atom is 0.224 e. The Morgan fingerprint density at radius 2 is 1.74 bits per heavy atom. The van der Waals surface area contributed by atoms with E-state index < -0.39 is 38.9 Å². The standard InChI is InChI=1S/C29H36N4O5S/c1-20-10-12-24(13-11-20)39(37,38)19-23(18-27(35)32-29(2,3)4)28(36)30-15-6-9-26(34)22-8-5-7-21(17-22)25-14-16-31-33-25/h5,7-8,10-14,16-17,23H,6,9,15,18-19H2,1-4H3,(H,30,36)(H,31,33)(H,32,35)/t23-/m1/s1. The van der Waals surface area contributed by atoms with Gasteiger partial charge < -0.3 is 10.6 Å². The molecule has 208 valence electrons. The van der Waals surface area contributed by atoms with Gasteiger partial charge >= 0.3 is 0 Å². The van der Waals surface area contributed by atoms with Crippen LogP contribution in [-0.2, 0) is 19.4 Å². The quantitative estimate of drug-likeness (QED) is 0.230. The van der Waals surface area contributed by atoms with E-state index in [1.807, 2.05) is 39.8 Å². The van der Waals surface area contributed by atoms with Gasteiger partial charge in [-0.1, -0.05) is 35.9 Å². The zero-order valence-corrected chi connectivity index (χ0v) is 23.6. The molecule has 0 aliphatic rings. The van der Waals surface area contributed by atoms with Gasteiger partial charge in [-0.05, 0) is 58.4 Å². The van der Waals surface area contributed by atoms with Crippen molar-refractivity contribution in [3.63, 3.8) is 0 Å². The van der Waals surface area contributed by atoms with Gasteiger partial charge in [0.05, 0.1) is 22.3 Å². The van der Waals surface area contributed by atoms with Crippen LogP contribution < -0.4 is 10.6 Å². The number of nitrogens with zero attached hydrogens (tertiary/aromatic N) is 1. The third kappa shape index (κ3) is 9.17. The summed E-state index contributed by atoms with van der Waals surface area (Å²) < 4.78 is 26.1. The molecular weight excluding hydrogens is 516 g/mol. The predicted molar refractivity (Wildman–Crippen MR) is 150 cm³/mol. The topological polar surface area (TPSA) is 138 Å². The lowest BCUT2D eigenvalue weighted by Crippen LogP contribution is -2.44. The summed E-state index contributed by atoms with van der Waals surface area (Å²) in [5.41, 5.74) is 2.59. The van der Waals surface area contributed by atoms with Gasteiger partial charge in [-0.2, -0.15) is 5.10 Å². The minimum atomic E-state index is -3.82. The number of aromatic nitrogens is 2. The molecule has 1 aromatic heterocycles. The fourth-order valence-electron chi connectivity index (χ4n) is 4.05. The predicted octanol–water partition coefficient (Wildman–Crippen LogP) is 3.86. The van der Waals surface area contributed by atoms with Crippen molar-refractivity contribution in [1.82, 2.24) is 20.8 Å². The molecule has 3 N–H and O–H groups in total. The molecule has 2 aromatic carbocycles. The normalized spacial score (nSPS) is 12.5. The van der Waals surface area contributed by atoms with Gasteiger partial charge in [0.2, 0.25) is 11.8 Å². The molecule has 0 saturated carbocycles. The number of nitrogens with one attached hydrogen (secondary N) is 3. The van der Waals surface area contributed by atoms with Crippen LogP contribution in [0.1, 0.15) is 56.0 Å². The Labute approximate surface area is 229 Å². The molecule has 9 nitrogen and oxygen atoms in total. The molecule has 0 aliphatic heterocycles. The molecule has 39 heavy (non-hydrogen) atoms. The van der Waals surface area contributed by atoms with E-state index >= 15 is 0 Å². The number of carbonyl (C=O) groups is 3. The number of hydrogen-bond donors (Lipinski definition) is 3. The minimum absolute atomic E-state index is 0.0753. The van der Waals surface area contributed by atoms with Crippen LogP contribution in [-0.4, -0.2) is 54.0 Å². The number of Topliss-reactive ketones (excluding diaryl/α,β-unsaturated/α-hetero) is 1. The Morgan fingerprint density at radius 3 is 2.38 bits per heavy atom. The van der Waals surface area contributed by atoms with Crippen molar-refractivity contribution in [1.29, 1.82) is 0 Å². The van der Waals surface area contributed by atoms with Crippen LogP contribution in [0.2, 0.25) is 0 Å². The zero-order valence-electron chi connectivity index (χ0n) is 22.8. The number of H-pyrrole nitrogens is 1. The van der Waals surface area contributed by atoms with Gasteiger partial charge in [0.25, 0.3) is 0 Å². The molecule has 3 rings (SSSR count). The van der Waals surface area contributed by atoms with Crippen LogP contribution in [0.5, 0.6) is 0 Å². The average molecular weight is 553 g/mol. The fourth-order valence-corrected chi connectivity index (χ4v) is 5.60. The molecule has 0 fully saturated rings. The van der Waals surface area contributed by atoms with Gasteiger partial charge in [0.1, 0.15) is 0 Å². The Balaban J connectivity index is 1.61. The number of ketones is 1. The monoisotopic (exact) mass is 552 g/mol. The number of hydrogen-bond acceptors (Lipinski definition) is 6. The second-order valence-electron chi connectivity index (χ2n) is 10.7. The van der Waals surface area contributed by atoms with Crippen LogP contribution in [0.15, 0.2) is 65.7 Å². The lowest BCUT2D eigenvalue weighted by Gasteiger charge is -2.23. The van der Waals surface area contributed by atoms with E-state index in [-0.39, 0.29) is 30.1 Å². The molecule has 0 aliphatic carbocycles. The molecule has 1 atom stereocenters. The van der Waals surface area contributed by atoms with E-state index in [0.29, 0.717) is 12.0 Å². The summed E-state index contributed by atoms with van der Waals surface area (Å²) in [6.07, 6.45) is 1.93. The molecule has 2 amide bonds. The number of aryl methyl sites for hydroxylation is 1. The molecule has 10 heteroatoms. The molecule has 1 heterocycles. The molecule has 0 unspecified atom stereocenters. The van der Waals surface area contributed by atoms with E-state index in [0.717, 1.165) is 16.8 Å². The van der Waals surface area contributed by atoms with Crippen molar-refractivity contribution < 1.29 is 22.8 Å². The van der Waals surface area contributed by atoms with Crippen LogP contribution in [0.3, 0.4) is 0 Å². The van der Waals surface area contributed by atoms with Gasteiger partial charge in [-0.25, -0.2) is 8.42 Å². The van der Waals surface area contributed by atoms with Crippen LogP contribution in [0, 0.1) is 12.8 Å². The Morgan fingerprint density at radius 1 is 1.03 bits per heavy atom. The first-order chi connectivity index (χ1) is 18.3. The highest BCUT2D eigenvalue weighted by Crippen LogP contribution is 2.20. The molecule has 3 aromatic rings. The summed E-state index contributed by atoms with van der Waals surface area (Å²) in [4.78, 5) is 38.5. The Kier molecular flexibility index (Phi) is 9.80. The minimum Gasteiger partial charge on any atom is -0.356 e. The second-order valence-corrected chi connectivity index (χ2v) is 12.7. The summed E-state index contributed by atoms with van der Waals surface area (Å²) in [7, 11) is -3.82. The number of benzene rings is 2. The first-order valence-electron chi connectivity index (χ1n) is 12.9. The third-order valence-electron chi connectivity index (χ3n) is 5.99. The molecule has 0 bridgehead atoms. The van der Waals surface area contributed by atoms with Crippen LogP contribution >= 0.6 is 0 Å². The van der Waals surface area contributed by atoms with Crippen molar-refractivity contribution in [3.8, 4) is 11.3 Å². The number of amides is 2. The van der Waals surface area contributed by atoms with E-state index in [1.54, 1.807) is 36.5 Å². The van der Waals surface area contributed by atoms with Gasteiger partial charge in [0, 0.05) is 42.2 Å². The summed E-state index contributed by atoms with van der Waals surface area (Å²) >= 11 is 0. The molecule has 0 radical (unpaired) electrons. The van der Waals surface area contributed by atoms with Gasteiger partial charge in [-0.3, -0.25) is 19.5 Å². The summed E-state index contributed by atoms with van der Waals surface area (Å²) in [6, 6.07) is 15.4. The Bertz CT molecular complexity index is 1390. The van der Waals surface area contributed by atoms with Crippen molar-refractivity contribution in [3.05, 3.63) is 71.9 Å². The van der Waals surface area contributed by atoms with E-state index in [2.05, 4.69) is 20.8 Å². The first-order valence-corrected chi connectivity index (χ1v) is 14.5. The molecule has 0 spiro atoms. The average Bonchev–Trinajstić information content (AvgIpc) is 3.40. The number of sulfone groups is 1. The number of rotatable bonds is 12. The largest absolute Gasteiger partial charge is 0.356 e. The summed E-state index contributed by atoms with van der Waals surface area (Å²) in [5, 5.41) is 12.3. The smallest absolute Gasteiger partial charge is 0.224 e. The highest BCUT2D eigenvalue weighted by molar-refractivity contribution is 7.91. The highest BCUT2D eigenvalue weighted by Gasteiger charge is 2.30. The summed E-state index contributed by atoms with van der Waals surface area (Å²) in [5.74, 6) is -2.61. The van der Waals surface area contributed by atoms with Gasteiger partial charge in [-0.15, -0.1) is 0 Å². The molecule has 0 saturated heterocycles. The van der Waals surface area contributed by atoms with Crippen LogP contribution in [0.4, 0.5) is 0 Å². The second kappa shape index (κ2) is 12.8. The fraction of sp³-hybridized carbons (Fsp3) is 0.379. The molecular formula is C29H36N4O5S. The maximum atomic E-state index is 13.1. The lowest BCUT2D eigenvalue weighted by molar-refractivity contribution is -0.130. The summed E-state index contributed by atoms with van der Waals surface area (Å²) in [6.45, 7) is 7.46. The van der Waals surface area contributed by atoms with E-state index in [4.69, 9.17) is 0 Å². The first kappa shape index (κ1) is 29.8. The van der Waals surface area contributed by atoms with Crippen molar-refractivity contribution in [2.24, 2.45) is 5.92 Å². The van der Waals surface area contributed by atoms with Crippen molar-refractivity contribution in [2.45, 2.75) is 57.4 Å². The van der Waals surface area contributed by atoms with Crippen LogP contribution in [0.25, 0.3) is 11.3 Å². The maximum absolute atomic E-state index is 13.1.